The van der Waals surface area contributed by atoms with Crippen molar-refractivity contribution in [3.05, 3.63) is 69.5 Å². The summed E-state index contributed by atoms with van der Waals surface area (Å²) in [6, 6.07) is 10.9. The second-order valence-corrected chi connectivity index (χ2v) is 6.41. The van der Waals surface area contributed by atoms with E-state index >= 15 is 0 Å². The van der Waals surface area contributed by atoms with Gasteiger partial charge in [0.05, 0.1) is 34.7 Å². The minimum Gasteiger partial charge on any atom is -0.324 e. The molecule has 1 amide bonds. The van der Waals surface area contributed by atoms with Crippen LogP contribution in [0.1, 0.15) is 12.7 Å². The normalized spacial score (nSPS) is 11.1. The highest BCUT2D eigenvalue weighted by atomic mass is 35.5. The van der Waals surface area contributed by atoms with Crippen LogP contribution in [0.5, 0.6) is 0 Å². The number of anilines is 1. The maximum Gasteiger partial charge on any atom is 0.258 e. The van der Waals surface area contributed by atoms with Crippen molar-refractivity contribution in [3.8, 4) is 0 Å². The molecule has 0 saturated carbocycles. The van der Waals surface area contributed by atoms with Crippen LogP contribution >= 0.6 is 11.6 Å². The molecule has 3 aromatic rings. The first kappa shape index (κ1) is 19.0. The Kier molecular flexibility index (Phi) is 5.83. The van der Waals surface area contributed by atoms with Crippen LogP contribution in [-0.4, -0.2) is 33.9 Å². The van der Waals surface area contributed by atoms with Gasteiger partial charge in [0.25, 0.3) is 5.56 Å². The minimum atomic E-state index is -0.473. The molecule has 1 heterocycles. The smallest absolute Gasteiger partial charge is 0.258 e. The Morgan fingerprint density at radius 3 is 2.81 bits per heavy atom. The maximum atomic E-state index is 13.1. The van der Waals surface area contributed by atoms with Gasteiger partial charge in [-0.2, -0.15) is 0 Å². The third-order valence-electron chi connectivity index (χ3n) is 4.05. The summed E-state index contributed by atoms with van der Waals surface area (Å²) in [6.45, 7) is 2.85. The van der Waals surface area contributed by atoms with E-state index in [1.54, 1.807) is 18.2 Å². The fraction of sp³-hybridized carbons (Fsp3) is 0.211. The molecule has 6 nitrogen and oxygen atoms in total. The largest absolute Gasteiger partial charge is 0.324 e. The number of hydrogen-bond donors (Lipinski definition) is 2. The van der Waals surface area contributed by atoms with Crippen LogP contribution in [0.4, 0.5) is 10.1 Å². The van der Waals surface area contributed by atoms with E-state index in [0.717, 1.165) is 6.07 Å². The average molecular weight is 389 g/mol. The number of hydrogen-bond acceptors (Lipinski definition) is 4. The number of nitrogens with one attached hydrogen (secondary N) is 2. The van der Waals surface area contributed by atoms with Gasteiger partial charge in [-0.3, -0.25) is 14.5 Å². The number of benzene rings is 2. The lowest BCUT2D eigenvalue weighted by atomic mass is 10.2. The van der Waals surface area contributed by atoms with Crippen LogP contribution in [0.2, 0.25) is 5.02 Å². The van der Waals surface area contributed by atoms with Crippen LogP contribution in [-0.2, 0) is 11.3 Å². The van der Waals surface area contributed by atoms with Gasteiger partial charge in [0.1, 0.15) is 11.6 Å². The first-order valence-electron chi connectivity index (χ1n) is 8.41. The van der Waals surface area contributed by atoms with Gasteiger partial charge in [0, 0.05) is 0 Å². The van der Waals surface area contributed by atoms with E-state index in [1.165, 1.54) is 12.1 Å². The quantitative estimate of drug-likeness (QED) is 0.679. The molecule has 27 heavy (non-hydrogen) atoms. The monoisotopic (exact) mass is 388 g/mol. The Labute approximate surface area is 160 Å². The molecule has 0 aliphatic heterocycles. The topological polar surface area (TPSA) is 78.1 Å². The number of fused-ring (bicyclic) bond motifs is 1. The van der Waals surface area contributed by atoms with Gasteiger partial charge >= 0.3 is 0 Å². The summed E-state index contributed by atoms with van der Waals surface area (Å²) in [5, 5.41) is 3.31. The molecule has 140 valence electrons. The highest BCUT2D eigenvalue weighted by molar-refractivity contribution is 6.33. The second-order valence-electron chi connectivity index (χ2n) is 6.01. The molecule has 0 fully saturated rings. The van der Waals surface area contributed by atoms with E-state index in [1.807, 2.05) is 17.9 Å². The fourth-order valence-corrected chi connectivity index (χ4v) is 2.90. The summed E-state index contributed by atoms with van der Waals surface area (Å²) >= 11 is 5.93. The Morgan fingerprint density at radius 2 is 2.07 bits per heavy atom. The number of likely N-dealkylation sites (N-methyl/N-ethyl adjacent to an activating group) is 1. The lowest BCUT2D eigenvalue weighted by Crippen LogP contribution is -2.34. The Hall–Kier alpha value is -2.77. The number of para-hydroxylation sites is 1. The highest BCUT2D eigenvalue weighted by Crippen LogP contribution is 2.22. The zero-order valence-electron chi connectivity index (χ0n) is 14.6. The zero-order valence-corrected chi connectivity index (χ0v) is 15.4. The standard InChI is InChI=1S/C19H18ClFN4O2/c1-2-25(11-18(26)23-16-8-7-12(21)9-14(16)20)10-17-22-15-6-4-3-5-13(15)19(27)24-17/h3-9H,2,10-11H2,1H3,(H,23,26)(H,22,24,27). The van der Waals surface area contributed by atoms with Gasteiger partial charge in [-0.25, -0.2) is 9.37 Å². The molecule has 3 rings (SSSR count). The predicted molar refractivity (Wildman–Crippen MR) is 103 cm³/mol. The van der Waals surface area contributed by atoms with E-state index < -0.39 is 5.82 Å². The van der Waals surface area contributed by atoms with Crippen molar-refractivity contribution >= 4 is 34.1 Å². The molecular weight excluding hydrogens is 371 g/mol. The van der Waals surface area contributed by atoms with Gasteiger partial charge in [-0.15, -0.1) is 0 Å². The molecule has 0 saturated heterocycles. The molecule has 1 aromatic heterocycles. The number of nitrogens with zero attached hydrogens (tertiary/aromatic N) is 2. The van der Waals surface area contributed by atoms with Gasteiger partial charge < -0.3 is 10.3 Å². The van der Waals surface area contributed by atoms with Crippen molar-refractivity contribution < 1.29 is 9.18 Å². The number of amides is 1. The number of carbonyl (C=O) groups is 1. The first-order valence-corrected chi connectivity index (χ1v) is 8.79. The van der Waals surface area contributed by atoms with Gasteiger partial charge in [-0.05, 0) is 36.9 Å². The molecule has 2 aromatic carbocycles. The number of halogens is 2. The molecule has 0 aliphatic rings. The Bertz CT molecular complexity index is 1040. The lowest BCUT2D eigenvalue weighted by Gasteiger charge is -2.19. The number of aromatic nitrogens is 2. The Morgan fingerprint density at radius 1 is 1.30 bits per heavy atom. The zero-order chi connectivity index (χ0) is 19.4. The van der Waals surface area contributed by atoms with Crippen molar-refractivity contribution in [3.63, 3.8) is 0 Å². The van der Waals surface area contributed by atoms with Crippen LogP contribution in [0.25, 0.3) is 10.9 Å². The third kappa shape index (κ3) is 4.69. The Balaban J connectivity index is 1.70. The van der Waals surface area contributed by atoms with E-state index in [9.17, 15) is 14.0 Å². The molecular formula is C19H18ClFN4O2. The molecule has 0 spiro atoms. The fourth-order valence-electron chi connectivity index (χ4n) is 2.68. The van der Waals surface area contributed by atoms with Crippen LogP contribution in [0.3, 0.4) is 0 Å². The number of aromatic amines is 1. The first-order chi connectivity index (χ1) is 13.0. The van der Waals surface area contributed by atoms with Crippen molar-refractivity contribution in [1.29, 1.82) is 0 Å². The van der Waals surface area contributed by atoms with Crippen molar-refractivity contribution in [2.45, 2.75) is 13.5 Å². The van der Waals surface area contributed by atoms with E-state index in [-0.39, 0.29) is 23.0 Å². The molecule has 0 atom stereocenters. The van der Waals surface area contributed by atoms with E-state index in [2.05, 4.69) is 15.3 Å². The molecule has 0 aliphatic carbocycles. The number of carbonyl (C=O) groups excluding carboxylic acids is 1. The number of H-pyrrole nitrogens is 1. The second kappa shape index (κ2) is 8.28. The van der Waals surface area contributed by atoms with Crippen molar-refractivity contribution in [2.75, 3.05) is 18.4 Å². The average Bonchev–Trinajstić information content (AvgIpc) is 2.63. The van der Waals surface area contributed by atoms with Gasteiger partial charge in [0.15, 0.2) is 0 Å². The SMILES string of the molecule is CCN(CC(=O)Nc1ccc(F)cc1Cl)Cc1nc2ccccc2c(=O)[nH]1. The van der Waals surface area contributed by atoms with E-state index in [0.29, 0.717) is 35.5 Å². The minimum absolute atomic E-state index is 0.0702. The van der Waals surface area contributed by atoms with Gasteiger partial charge in [-0.1, -0.05) is 30.7 Å². The highest BCUT2D eigenvalue weighted by Gasteiger charge is 2.13. The van der Waals surface area contributed by atoms with Crippen LogP contribution < -0.4 is 10.9 Å². The van der Waals surface area contributed by atoms with Gasteiger partial charge in [0.2, 0.25) is 5.91 Å². The molecule has 0 radical (unpaired) electrons. The van der Waals surface area contributed by atoms with Crippen molar-refractivity contribution in [1.82, 2.24) is 14.9 Å². The molecule has 8 heteroatoms. The molecule has 0 unspecified atom stereocenters. The van der Waals surface area contributed by atoms with Crippen molar-refractivity contribution in [2.24, 2.45) is 0 Å². The van der Waals surface area contributed by atoms with Crippen LogP contribution in [0.15, 0.2) is 47.3 Å². The van der Waals surface area contributed by atoms with E-state index in [4.69, 9.17) is 11.6 Å². The lowest BCUT2D eigenvalue weighted by molar-refractivity contribution is -0.117. The molecule has 0 bridgehead atoms. The third-order valence-corrected chi connectivity index (χ3v) is 4.37. The predicted octanol–water partition coefficient (Wildman–Crippen LogP) is 3.18. The number of rotatable bonds is 6. The summed E-state index contributed by atoms with van der Waals surface area (Å²) < 4.78 is 13.1. The summed E-state index contributed by atoms with van der Waals surface area (Å²) in [7, 11) is 0. The summed E-state index contributed by atoms with van der Waals surface area (Å²) in [6.07, 6.45) is 0. The van der Waals surface area contributed by atoms with Crippen LogP contribution in [0, 0.1) is 5.82 Å². The molecule has 2 N–H and O–H groups in total. The summed E-state index contributed by atoms with van der Waals surface area (Å²) in [5.74, 6) is -0.291. The maximum absolute atomic E-state index is 13.1. The summed E-state index contributed by atoms with van der Waals surface area (Å²) in [5.41, 5.74) is 0.736. The summed E-state index contributed by atoms with van der Waals surface area (Å²) in [4.78, 5) is 33.5.